The molecule has 0 unspecified atom stereocenters. The van der Waals surface area contributed by atoms with E-state index >= 15 is 9.59 Å². The molecule has 1 rings (SSSR count). The normalized spacial score (nSPS) is 26.8. The molecule has 0 bridgehead atoms. The van der Waals surface area contributed by atoms with Crippen molar-refractivity contribution in [2.24, 2.45) is 41.4 Å². The summed E-state index contributed by atoms with van der Waals surface area (Å²) in [7, 11) is 8.49. The number of hydrogen-bond donors (Lipinski definition) is 6. The van der Waals surface area contributed by atoms with E-state index in [2.05, 4.69) is 26.6 Å². The maximum absolute atomic E-state index is 15.2. The smallest absolute Gasteiger partial charge is 0.246 e. The minimum Gasteiger partial charge on any atom is -0.390 e. The van der Waals surface area contributed by atoms with Crippen LogP contribution in [-0.2, 0) is 52.7 Å². The molecule has 85 heavy (non-hydrogen) atoms. The molecule has 23 nitrogen and oxygen atoms in total. The Morgan fingerprint density at radius 2 is 0.929 bits per heavy atom. The van der Waals surface area contributed by atoms with Crippen molar-refractivity contribution in [3.8, 4) is 0 Å². The maximum Gasteiger partial charge on any atom is 0.246 e. The van der Waals surface area contributed by atoms with Crippen molar-refractivity contribution in [3.63, 3.8) is 0 Å². The number of carbonyl (C=O) groups is 11. The lowest BCUT2D eigenvalue weighted by Gasteiger charge is -2.41. The average Bonchev–Trinajstić information content (AvgIpc) is 3.50. The number of nitrogens with one attached hydrogen (secondary N) is 5. The molecule has 1 fully saturated rings. The third kappa shape index (κ3) is 22.6. The Balaban J connectivity index is 4.31. The van der Waals surface area contributed by atoms with Crippen LogP contribution in [0.4, 0.5) is 0 Å². The van der Waals surface area contributed by atoms with Crippen LogP contribution in [0.25, 0.3) is 0 Å². The molecule has 1 aliphatic heterocycles. The molecule has 12 atom stereocenters. The Hall–Kier alpha value is -6.13. The number of nitrogens with zero attached hydrogens (tertiary/aromatic N) is 6. The highest BCUT2D eigenvalue weighted by atomic mass is 16.3. The minimum atomic E-state index is -1.61. The SMILES string of the molecule is C/C=C/C[C@@H](C)[C@@H](O)[C@H]1C(=O)N[C@@H](CCC)C(=O)N(C)CC(=O)N(C)[C@@H](CC(C)C)C(=O)N[C@@H](C(C)C)C(=O)N[C@@H](CC(C)C)C(=O)N[C@@H](C)C(=O)N[C@H](C)C(=O)N(C)[C@H](CC(C)C)C(=O)N(C)[C@@H](CC(C)C)C(=O)N(C)[C@@H](C(C)C)C(=O)N1C. The number of aliphatic hydroxyl groups is 1. The highest BCUT2D eigenvalue weighted by Crippen LogP contribution is 2.25. The Labute approximate surface area is 508 Å². The van der Waals surface area contributed by atoms with E-state index in [1.54, 1.807) is 54.5 Å². The van der Waals surface area contributed by atoms with Gasteiger partial charge in [-0.3, -0.25) is 52.7 Å². The van der Waals surface area contributed by atoms with Crippen LogP contribution < -0.4 is 26.6 Å². The molecule has 23 heteroatoms. The van der Waals surface area contributed by atoms with Crippen LogP contribution in [0.1, 0.15) is 163 Å². The van der Waals surface area contributed by atoms with Gasteiger partial charge in [-0.15, -0.1) is 0 Å². The first kappa shape index (κ1) is 76.9. The lowest BCUT2D eigenvalue weighted by molar-refractivity contribution is -0.157. The molecule has 0 saturated carbocycles. The fraction of sp³-hybridized carbons (Fsp3) is 0.790. The Morgan fingerprint density at radius 1 is 0.471 bits per heavy atom. The molecule has 486 valence electrons. The molecule has 1 saturated heterocycles. The van der Waals surface area contributed by atoms with Crippen LogP contribution in [0.2, 0.25) is 0 Å². The second-order valence-electron chi connectivity index (χ2n) is 26.1. The topological polar surface area (TPSA) is 288 Å². The zero-order valence-electron chi connectivity index (χ0n) is 55.8. The van der Waals surface area contributed by atoms with Gasteiger partial charge in [-0.2, -0.15) is 0 Å². The number of allylic oxidation sites excluding steroid dienone is 2. The third-order valence-corrected chi connectivity index (χ3v) is 15.8. The number of amides is 11. The van der Waals surface area contributed by atoms with Gasteiger partial charge >= 0.3 is 0 Å². The molecule has 6 N–H and O–H groups in total. The molecule has 1 heterocycles. The average molecular weight is 1200 g/mol. The van der Waals surface area contributed by atoms with Crippen LogP contribution in [-0.4, -0.2) is 215 Å². The summed E-state index contributed by atoms with van der Waals surface area (Å²) in [5.41, 5.74) is 0. The van der Waals surface area contributed by atoms with Gasteiger partial charge in [0, 0.05) is 42.3 Å². The Kier molecular flexibility index (Phi) is 32.1. The fourth-order valence-electron chi connectivity index (χ4n) is 10.6. The van der Waals surface area contributed by atoms with Crippen molar-refractivity contribution >= 4 is 65.0 Å². The molecule has 11 amide bonds. The van der Waals surface area contributed by atoms with Crippen LogP contribution in [0.3, 0.4) is 0 Å². The largest absolute Gasteiger partial charge is 0.390 e. The van der Waals surface area contributed by atoms with E-state index < -0.39 is 156 Å². The highest BCUT2D eigenvalue weighted by Gasteiger charge is 2.45. The monoisotopic (exact) mass is 1200 g/mol. The van der Waals surface area contributed by atoms with Crippen LogP contribution in [0.5, 0.6) is 0 Å². The van der Waals surface area contributed by atoms with Gasteiger partial charge in [0.2, 0.25) is 65.0 Å². The second kappa shape index (κ2) is 35.5. The second-order valence-corrected chi connectivity index (χ2v) is 26.1. The summed E-state index contributed by atoms with van der Waals surface area (Å²) >= 11 is 0. The van der Waals surface area contributed by atoms with Crippen molar-refractivity contribution < 1.29 is 57.8 Å². The third-order valence-electron chi connectivity index (χ3n) is 15.8. The van der Waals surface area contributed by atoms with Gasteiger partial charge in [0.05, 0.1) is 12.6 Å². The number of likely N-dealkylation sites (N-methyl/N-ethyl adjacent to an activating group) is 6. The van der Waals surface area contributed by atoms with Gasteiger partial charge in [0.25, 0.3) is 0 Å². The summed E-state index contributed by atoms with van der Waals surface area (Å²) in [5.74, 6) is -9.83. The molecule has 0 aromatic carbocycles. The predicted molar refractivity (Wildman–Crippen MR) is 328 cm³/mol. The van der Waals surface area contributed by atoms with Crippen LogP contribution >= 0.6 is 0 Å². The molecule has 0 aromatic rings. The number of aliphatic hydroxyl groups excluding tert-OH is 1. The molecule has 0 spiro atoms. The number of carbonyl (C=O) groups excluding carboxylic acids is 11. The number of hydrogen-bond acceptors (Lipinski definition) is 12. The summed E-state index contributed by atoms with van der Waals surface area (Å²) in [6.07, 6.45) is 3.48. The summed E-state index contributed by atoms with van der Waals surface area (Å²) < 4.78 is 0. The number of rotatable bonds is 16. The van der Waals surface area contributed by atoms with Crippen LogP contribution in [0.15, 0.2) is 12.2 Å². The van der Waals surface area contributed by atoms with Gasteiger partial charge in [-0.1, -0.05) is 116 Å². The van der Waals surface area contributed by atoms with Gasteiger partial charge in [0.1, 0.15) is 60.4 Å². The van der Waals surface area contributed by atoms with Crippen LogP contribution in [0, 0.1) is 41.4 Å². The Bertz CT molecular complexity index is 2310. The van der Waals surface area contributed by atoms with Gasteiger partial charge < -0.3 is 61.1 Å². The fourth-order valence-corrected chi connectivity index (χ4v) is 10.6. The van der Waals surface area contributed by atoms with E-state index in [9.17, 15) is 48.3 Å². The first-order valence-electron chi connectivity index (χ1n) is 30.7. The quantitative estimate of drug-likeness (QED) is 0.121. The zero-order valence-corrected chi connectivity index (χ0v) is 55.8. The van der Waals surface area contributed by atoms with E-state index in [1.807, 2.05) is 61.5 Å². The first-order valence-corrected chi connectivity index (χ1v) is 30.7. The first-order chi connectivity index (χ1) is 39.3. The molecule has 0 aromatic heterocycles. The standard InChI is InChI=1S/C62H111N11O12/c1-24-26-28-40(15)52(75)51-57(80)65-43(27-25-2)59(82)68(18)33-48(74)69(19)45(30-35(5)6)55(78)67-49(38(11)12)56(79)66-44(29-34(3)4)54(77)63-41(16)53(76)64-42(17)58(81)70(20)46(31-36(7)8)60(83)71(21)47(32-37(9)10)61(84)72(22)50(39(13)14)62(85)73(51)23/h24,26,34-47,49-52,75H,25,27-33H2,1-23H3,(H,63,77)(H,64,76)(H,65,80)(H,66,79)(H,67,78)/b26-24+/t40-,41+,42-,43+,44+,45+,46-,47+,49+,50+,51+,52-/m1/s1. The van der Waals surface area contributed by atoms with E-state index in [-0.39, 0.29) is 55.8 Å². The van der Waals surface area contributed by atoms with Gasteiger partial charge in [-0.25, -0.2) is 0 Å². The van der Waals surface area contributed by atoms with Crippen molar-refractivity contribution in [2.45, 2.75) is 229 Å². The van der Waals surface area contributed by atoms with Crippen molar-refractivity contribution in [3.05, 3.63) is 12.2 Å². The molecule has 0 aliphatic carbocycles. The van der Waals surface area contributed by atoms with E-state index in [0.717, 1.165) is 9.80 Å². The lowest BCUT2D eigenvalue weighted by Crippen LogP contribution is -2.63. The van der Waals surface area contributed by atoms with Gasteiger partial charge in [0.15, 0.2) is 0 Å². The van der Waals surface area contributed by atoms with E-state index in [1.165, 1.54) is 75.7 Å². The maximum atomic E-state index is 15.2. The Morgan fingerprint density at radius 3 is 1.40 bits per heavy atom. The summed E-state index contributed by atoms with van der Waals surface area (Å²) in [6, 6.07) is -12.4. The molecule has 1 aliphatic rings. The van der Waals surface area contributed by atoms with Crippen molar-refractivity contribution in [1.82, 2.24) is 56.0 Å². The van der Waals surface area contributed by atoms with E-state index in [0.29, 0.717) is 12.8 Å². The summed E-state index contributed by atoms with van der Waals surface area (Å²) in [5, 5.41) is 25.8. The lowest BCUT2D eigenvalue weighted by atomic mass is 9.91. The van der Waals surface area contributed by atoms with Crippen molar-refractivity contribution in [2.75, 3.05) is 48.8 Å². The zero-order chi connectivity index (χ0) is 65.8. The molecular weight excluding hydrogens is 1090 g/mol. The van der Waals surface area contributed by atoms with E-state index in [4.69, 9.17) is 0 Å². The predicted octanol–water partition coefficient (Wildman–Crippen LogP) is 3.32. The molecule has 0 radical (unpaired) electrons. The van der Waals surface area contributed by atoms with Crippen molar-refractivity contribution in [1.29, 1.82) is 0 Å². The minimum absolute atomic E-state index is 0.0919. The van der Waals surface area contributed by atoms with Gasteiger partial charge in [-0.05, 0) is 101 Å². The molecular formula is C62H111N11O12. The summed E-state index contributed by atoms with van der Waals surface area (Å²) in [4.78, 5) is 167. The summed E-state index contributed by atoms with van der Waals surface area (Å²) in [6.45, 7) is 29.4. The highest BCUT2D eigenvalue weighted by molar-refractivity contribution is 5.99.